The van der Waals surface area contributed by atoms with Gasteiger partial charge in [-0.1, -0.05) is 17.7 Å². The molecule has 0 fully saturated rings. The van der Waals surface area contributed by atoms with Gasteiger partial charge in [0, 0.05) is 24.8 Å². The van der Waals surface area contributed by atoms with Crippen LogP contribution < -0.4 is 4.57 Å². The molecule has 17 heavy (non-hydrogen) atoms. The molecule has 2 aromatic rings. The molecule has 0 saturated carbocycles. The minimum atomic E-state index is -2.70. The average molecular weight is 236 g/mol. The highest BCUT2D eigenvalue weighted by atomic mass is 15.0. The van der Waals surface area contributed by atoms with Gasteiger partial charge in [0.15, 0.2) is 5.69 Å². The number of benzene rings is 1. The number of hydrogen-bond donors (Lipinski definition) is 0. The lowest BCUT2D eigenvalue weighted by Crippen LogP contribution is -2.33. The third-order valence-electron chi connectivity index (χ3n) is 2.60. The summed E-state index contributed by atoms with van der Waals surface area (Å²) in [6.07, 6.45) is 1.24. The number of hydrogen-bond acceptors (Lipinski definition) is 1. The third kappa shape index (κ3) is 2.21. The second kappa shape index (κ2) is 4.28. The van der Waals surface area contributed by atoms with E-state index in [2.05, 4.69) is 4.98 Å². The van der Waals surface area contributed by atoms with Gasteiger partial charge in [0.1, 0.15) is 0 Å². The molecule has 0 aliphatic heterocycles. The molecule has 1 aromatic heterocycles. The number of aryl methyl sites for hydroxylation is 5. The summed E-state index contributed by atoms with van der Waals surface area (Å²) in [5, 5.41) is 0. The Bertz CT molecular complexity index is 833. The molecular formula is C15H19N2+. The maximum Gasteiger partial charge on any atom is 0.330 e. The third-order valence-corrected chi connectivity index (χ3v) is 2.60. The fourth-order valence-electron chi connectivity index (χ4n) is 1.73. The smallest absolute Gasteiger partial charge is 0.233 e. The first-order chi connectivity index (χ1) is 11.6. The van der Waals surface area contributed by atoms with Gasteiger partial charge in [-0.15, -0.1) is 0 Å². The molecule has 0 atom stereocenters. The van der Waals surface area contributed by atoms with Crippen molar-refractivity contribution in [2.24, 2.45) is 7.05 Å². The summed E-state index contributed by atoms with van der Waals surface area (Å²) < 4.78 is 69.5. The normalized spacial score (nSPS) is 20.7. The fourth-order valence-corrected chi connectivity index (χ4v) is 1.73. The van der Waals surface area contributed by atoms with Crippen LogP contribution in [0.5, 0.6) is 0 Å². The van der Waals surface area contributed by atoms with Gasteiger partial charge in [-0.05, 0) is 37.2 Å². The minimum Gasteiger partial charge on any atom is -0.233 e. The summed E-state index contributed by atoms with van der Waals surface area (Å²) in [6, 6.07) is 4.48. The first kappa shape index (κ1) is 4.89. The highest BCUT2D eigenvalue weighted by Crippen LogP contribution is 2.20. The minimum absolute atomic E-state index is 0.163. The van der Waals surface area contributed by atoms with Crippen LogP contribution in [0.15, 0.2) is 24.4 Å². The van der Waals surface area contributed by atoms with Gasteiger partial charge in [-0.3, -0.25) is 0 Å². The van der Waals surface area contributed by atoms with E-state index in [1.807, 2.05) is 0 Å². The molecule has 0 spiro atoms. The lowest BCUT2D eigenvalue weighted by molar-refractivity contribution is -0.663. The largest absolute Gasteiger partial charge is 0.330 e. The zero-order chi connectivity index (χ0) is 20.1. The molecule has 88 valence electrons. The van der Waals surface area contributed by atoms with E-state index in [1.54, 1.807) is 20.0 Å². The van der Waals surface area contributed by atoms with Gasteiger partial charge in [-0.25, -0.2) is 4.57 Å². The van der Waals surface area contributed by atoms with Crippen molar-refractivity contribution in [3.63, 3.8) is 0 Å². The number of nitrogens with zero attached hydrogens (tertiary/aromatic N) is 2. The zero-order valence-corrected chi connectivity index (χ0v) is 9.70. The van der Waals surface area contributed by atoms with Gasteiger partial charge in [0.05, 0.1) is 18.8 Å². The molecule has 1 aromatic carbocycles. The van der Waals surface area contributed by atoms with Crippen molar-refractivity contribution < 1.29 is 16.9 Å². The Morgan fingerprint density at radius 3 is 2.71 bits per heavy atom. The zero-order valence-electron chi connectivity index (χ0n) is 18.7. The number of rotatable bonds is 1. The van der Waals surface area contributed by atoms with Crippen molar-refractivity contribution in [1.29, 1.82) is 0 Å². The van der Waals surface area contributed by atoms with Crippen molar-refractivity contribution in [2.75, 3.05) is 0 Å². The topological polar surface area (TPSA) is 16.8 Å². The highest BCUT2D eigenvalue weighted by molar-refractivity contribution is 5.58. The van der Waals surface area contributed by atoms with Crippen LogP contribution >= 0.6 is 0 Å². The van der Waals surface area contributed by atoms with Crippen LogP contribution in [0.3, 0.4) is 0 Å². The Balaban J connectivity index is 2.72. The summed E-state index contributed by atoms with van der Waals surface area (Å²) in [7, 11) is 1.57. The van der Waals surface area contributed by atoms with Gasteiger partial charge in [-0.2, -0.15) is 0 Å². The first-order valence-corrected chi connectivity index (χ1v) is 5.15. The van der Waals surface area contributed by atoms with E-state index in [0.29, 0.717) is 11.1 Å². The van der Waals surface area contributed by atoms with E-state index < -0.39 is 26.2 Å². The lowest BCUT2D eigenvalue weighted by Gasteiger charge is -2.05. The molecular weight excluding hydrogens is 208 g/mol. The summed E-state index contributed by atoms with van der Waals surface area (Å²) in [5.74, 6) is 0.249. The summed E-state index contributed by atoms with van der Waals surface area (Å²) >= 11 is 0. The Morgan fingerprint density at radius 2 is 2.06 bits per heavy atom. The molecule has 0 unspecified atom stereocenters. The van der Waals surface area contributed by atoms with Crippen LogP contribution in [0.4, 0.5) is 0 Å². The van der Waals surface area contributed by atoms with E-state index in [0.717, 1.165) is 0 Å². The molecule has 1 heterocycles. The Hall–Kier alpha value is -1.70. The molecule has 2 rings (SSSR count). The Labute approximate surface area is 116 Å². The fraction of sp³-hybridized carbons (Fsp3) is 0.333. The monoisotopic (exact) mass is 236 g/mol. The number of aromatic nitrogens is 2. The molecule has 0 aliphatic rings. The maximum atomic E-state index is 7.63. The van der Waals surface area contributed by atoms with Gasteiger partial charge in [0.2, 0.25) is 0 Å². The van der Waals surface area contributed by atoms with E-state index in [4.69, 9.17) is 12.3 Å². The lowest BCUT2D eigenvalue weighted by atomic mass is 10.0. The van der Waals surface area contributed by atoms with Crippen LogP contribution in [0.25, 0.3) is 11.4 Å². The molecule has 0 amide bonds. The quantitative estimate of drug-likeness (QED) is 0.696. The van der Waals surface area contributed by atoms with Crippen LogP contribution in [0, 0.1) is 27.5 Å². The standard InChI is InChI=1S/C15H19N2/c1-10-6-7-14(11(2)8-10)15-16-13(4)12(3)9-17(15)5/h6-9H,1-5H3/q+1/i1D3,3D3,4D3. The van der Waals surface area contributed by atoms with Crippen molar-refractivity contribution in [3.05, 3.63) is 46.8 Å². The Morgan fingerprint density at radius 1 is 1.18 bits per heavy atom. The van der Waals surface area contributed by atoms with Crippen molar-refractivity contribution in [1.82, 2.24) is 4.98 Å². The van der Waals surface area contributed by atoms with E-state index in [9.17, 15) is 0 Å². The summed E-state index contributed by atoms with van der Waals surface area (Å²) in [6.45, 7) is -5.88. The van der Waals surface area contributed by atoms with E-state index in [-0.39, 0.29) is 17.0 Å². The molecule has 0 aliphatic carbocycles. The highest BCUT2D eigenvalue weighted by Gasteiger charge is 2.17. The average Bonchev–Trinajstić information content (AvgIpc) is 2.44. The summed E-state index contributed by atoms with van der Waals surface area (Å²) in [4.78, 5) is 4.13. The SMILES string of the molecule is [2H]C([2H])([2H])c1ccc(-c2nc(C([2H])([2H])[2H])c(C([2H])([2H])[2H])c[n+]2C)c(C)c1. The van der Waals surface area contributed by atoms with Crippen LogP contribution in [0.1, 0.15) is 34.7 Å². The Kier molecular flexibility index (Phi) is 1.23. The van der Waals surface area contributed by atoms with Crippen LogP contribution in [-0.4, -0.2) is 4.98 Å². The van der Waals surface area contributed by atoms with Gasteiger partial charge < -0.3 is 0 Å². The van der Waals surface area contributed by atoms with Crippen molar-refractivity contribution >= 4 is 0 Å². The van der Waals surface area contributed by atoms with Crippen LogP contribution in [0.2, 0.25) is 0 Å². The first-order valence-electron chi connectivity index (χ1n) is 9.65. The predicted molar refractivity (Wildman–Crippen MR) is 69.8 cm³/mol. The summed E-state index contributed by atoms with van der Waals surface area (Å²) in [5.41, 5.74) is 0.477. The van der Waals surface area contributed by atoms with Crippen LogP contribution in [-0.2, 0) is 7.05 Å². The molecule has 0 N–H and O–H groups in total. The maximum absolute atomic E-state index is 7.63. The van der Waals surface area contributed by atoms with Crippen molar-refractivity contribution in [3.8, 4) is 11.4 Å². The molecule has 0 saturated heterocycles. The molecule has 2 heteroatoms. The second-order valence-corrected chi connectivity index (χ2v) is 3.97. The van der Waals surface area contributed by atoms with Gasteiger partial charge in [0.25, 0.3) is 0 Å². The molecule has 2 nitrogen and oxygen atoms in total. The van der Waals surface area contributed by atoms with Gasteiger partial charge >= 0.3 is 5.82 Å². The molecule has 0 radical (unpaired) electrons. The van der Waals surface area contributed by atoms with E-state index in [1.165, 1.54) is 22.9 Å². The van der Waals surface area contributed by atoms with Crippen molar-refractivity contribution in [2.45, 2.75) is 27.5 Å². The molecule has 0 bridgehead atoms. The second-order valence-electron chi connectivity index (χ2n) is 3.97. The predicted octanol–water partition coefficient (Wildman–Crippen LogP) is 2.81. The van der Waals surface area contributed by atoms with E-state index >= 15 is 0 Å².